The van der Waals surface area contributed by atoms with Crippen LogP contribution in [0.25, 0.3) is 0 Å². The molecule has 0 bridgehead atoms. The summed E-state index contributed by atoms with van der Waals surface area (Å²) in [5, 5.41) is 0. The minimum Gasteiger partial charge on any atom is -0.452 e. The molecule has 25 heavy (non-hydrogen) atoms. The van der Waals surface area contributed by atoms with Gasteiger partial charge in [0, 0.05) is 11.1 Å². The van der Waals surface area contributed by atoms with E-state index < -0.39 is 18.0 Å². The van der Waals surface area contributed by atoms with Crippen LogP contribution in [-0.4, -0.2) is 29.8 Å². The van der Waals surface area contributed by atoms with E-state index in [0.717, 1.165) is 4.90 Å². The lowest BCUT2D eigenvalue weighted by Gasteiger charge is -2.30. The number of methoxy groups -OCH3 is 1. The van der Waals surface area contributed by atoms with Gasteiger partial charge in [-0.05, 0) is 24.6 Å². The summed E-state index contributed by atoms with van der Waals surface area (Å²) in [4.78, 5) is 38.2. The molecule has 0 saturated carbocycles. The molecule has 0 aliphatic heterocycles. The van der Waals surface area contributed by atoms with Gasteiger partial charge in [0.1, 0.15) is 0 Å². The van der Waals surface area contributed by atoms with Crippen LogP contribution in [0.3, 0.4) is 0 Å². The zero-order valence-electron chi connectivity index (χ0n) is 14.1. The largest absolute Gasteiger partial charge is 0.452 e. The van der Waals surface area contributed by atoms with Gasteiger partial charge >= 0.3 is 6.09 Å². The fourth-order valence-corrected chi connectivity index (χ4v) is 2.46. The average molecular weight is 337 g/mol. The Bertz CT molecular complexity index is 784. The summed E-state index contributed by atoms with van der Waals surface area (Å²) < 4.78 is 4.80. The average Bonchev–Trinajstić information content (AvgIpc) is 2.65. The van der Waals surface area contributed by atoms with Gasteiger partial charge in [-0.25, -0.2) is 9.69 Å². The van der Waals surface area contributed by atoms with Gasteiger partial charge in [0.15, 0.2) is 5.78 Å². The molecule has 2 aromatic rings. The second kappa shape index (κ2) is 8.06. The van der Waals surface area contributed by atoms with Crippen molar-refractivity contribution in [1.82, 2.24) is 4.90 Å². The van der Waals surface area contributed by atoms with Crippen molar-refractivity contribution in [2.24, 2.45) is 0 Å². The highest BCUT2D eigenvalue weighted by atomic mass is 16.5. The standard InChI is InChI=1S/C20H19NO4/c1-14(15(2)22)18(16-10-6-4-7-11-16)21(20(24)25-3)19(23)17-12-8-5-9-13-17/h4-13,18H,1H2,2-3H3. The molecule has 1 atom stereocenters. The van der Waals surface area contributed by atoms with Gasteiger partial charge in [-0.3, -0.25) is 9.59 Å². The van der Waals surface area contributed by atoms with Crippen LogP contribution in [0.2, 0.25) is 0 Å². The Morgan fingerprint density at radius 2 is 1.48 bits per heavy atom. The fraction of sp³-hybridized carbons (Fsp3) is 0.150. The van der Waals surface area contributed by atoms with E-state index in [1.807, 2.05) is 0 Å². The molecule has 0 fully saturated rings. The number of hydrogen-bond donors (Lipinski definition) is 0. The predicted molar refractivity (Wildman–Crippen MR) is 94.0 cm³/mol. The highest BCUT2D eigenvalue weighted by Gasteiger charge is 2.35. The third-order valence-electron chi connectivity index (χ3n) is 3.77. The Kier molecular flexibility index (Phi) is 5.84. The Morgan fingerprint density at radius 1 is 0.960 bits per heavy atom. The second-order valence-electron chi connectivity index (χ2n) is 5.41. The molecule has 128 valence electrons. The Balaban J connectivity index is 2.58. The number of amides is 2. The highest BCUT2D eigenvalue weighted by molar-refractivity contribution is 6.05. The zero-order chi connectivity index (χ0) is 18.4. The topological polar surface area (TPSA) is 63.7 Å². The van der Waals surface area contributed by atoms with Crippen LogP contribution in [0.15, 0.2) is 72.8 Å². The molecular formula is C20H19NO4. The van der Waals surface area contributed by atoms with Crippen LogP contribution < -0.4 is 0 Å². The van der Waals surface area contributed by atoms with Crippen molar-refractivity contribution in [3.05, 3.63) is 83.9 Å². The summed E-state index contributed by atoms with van der Waals surface area (Å²) >= 11 is 0. The molecule has 2 aromatic carbocycles. The minimum atomic E-state index is -0.946. The number of carbonyl (C=O) groups excluding carboxylic acids is 3. The summed E-state index contributed by atoms with van der Waals surface area (Å²) in [6.45, 7) is 5.14. The van der Waals surface area contributed by atoms with Gasteiger partial charge in [-0.2, -0.15) is 0 Å². The first-order chi connectivity index (χ1) is 12.0. The summed E-state index contributed by atoms with van der Waals surface area (Å²) in [5.74, 6) is -0.882. The molecule has 0 N–H and O–H groups in total. The van der Waals surface area contributed by atoms with Crippen molar-refractivity contribution < 1.29 is 19.1 Å². The van der Waals surface area contributed by atoms with E-state index >= 15 is 0 Å². The van der Waals surface area contributed by atoms with Gasteiger partial charge < -0.3 is 4.74 Å². The van der Waals surface area contributed by atoms with E-state index in [2.05, 4.69) is 6.58 Å². The maximum Gasteiger partial charge on any atom is 0.417 e. The number of hydrogen-bond acceptors (Lipinski definition) is 4. The van der Waals surface area contributed by atoms with Crippen LogP contribution in [-0.2, 0) is 9.53 Å². The van der Waals surface area contributed by atoms with Crippen molar-refractivity contribution in [2.75, 3.05) is 7.11 Å². The number of carbonyl (C=O) groups is 3. The first kappa shape index (κ1) is 18.1. The van der Waals surface area contributed by atoms with Gasteiger partial charge in [0.05, 0.1) is 13.2 Å². The quantitative estimate of drug-likeness (QED) is 0.779. The molecule has 5 nitrogen and oxygen atoms in total. The lowest BCUT2D eigenvalue weighted by molar-refractivity contribution is -0.114. The van der Waals surface area contributed by atoms with Crippen LogP contribution in [0.5, 0.6) is 0 Å². The minimum absolute atomic E-state index is 0.126. The smallest absolute Gasteiger partial charge is 0.417 e. The van der Waals surface area contributed by atoms with Crippen LogP contribution in [0.4, 0.5) is 4.79 Å². The lowest BCUT2D eigenvalue weighted by atomic mass is 9.95. The lowest BCUT2D eigenvalue weighted by Crippen LogP contribution is -2.41. The molecule has 2 rings (SSSR count). The zero-order valence-corrected chi connectivity index (χ0v) is 14.1. The molecule has 0 radical (unpaired) electrons. The summed E-state index contributed by atoms with van der Waals surface area (Å²) in [7, 11) is 1.19. The van der Waals surface area contributed by atoms with Crippen molar-refractivity contribution in [2.45, 2.75) is 13.0 Å². The number of ether oxygens (including phenoxy) is 1. The molecule has 0 spiro atoms. The van der Waals surface area contributed by atoms with Crippen molar-refractivity contribution in [3.8, 4) is 0 Å². The first-order valence-electron chi connectivity index (χ1n) is 7.68. The summed E-state index contributed by atoms with van der Waals surface area (Å²) in [5.41, 5.74) is 1.03. The van der Waals surface area contributed by atoms with Crippen LogP contribution in [0, 0.1) is 0 Å². The second-order valence-corrected chi connectivity index (χ2v) is 5.41. The number of ketones is 1. The summed E-state index contributed by atoms with van der Waals surface area (Å²) in [6.07, 6.45) is -0.856. The molecule has 0 saturated heterocycles. The van der Waals surface area contributed by atoms with E-state index in [1.165, 1.54) is 14.0 Å². The maximum atomic E-state index is 13.0. The number of imide groups is 1. The SMILES string of the molecule is C=C(C(C)=O)C(c1ccccc1)N(C(=O)OC)C(=O)c1ccccc1. The van der Waals surface area contributed by atoms with Crippen molar-refractivity contribution >= 4 is 17.8 Å². The molecule has 5 heteroatoms. The van der Waals surface area contributed by atoms with Crippen LogP contribution in [0.1, 0.15) is 28.9 Å². The third kappa shape index (κ3) is 4.01. The number of benzene rings is 2. The molecule has 0 aromatic heterocycles. The van der Waals surface area contributed by atoms with E-state index in [4.69, 9.17) is 4.74 Å². The fourth-order valence-electron chi connectivity index (χ4n) is 2.46. The Morgan fingerprint density at radius 3 is 1.96 bits per heavy atom. The van der Waals surface area contributed by atoms with Gasteiger partial charge in [-0.15, -0.1) is 0 Å². The third-order valence-corrected chi connectivity index (χ3v) is 3.77. The molecular weight excluding hydrogens is 318 g/mol. The summed E-state index contributed by atoms with van der Waals surface area (Å²) in [6, 6.07) is 16.2. The Labute approximate surface area is 146 Å². The van der Waals surface area contributed by atoms with E-state index in [0.29, 0.717) is 11.1 Å². The Hall–Kier alpha value is -3.21. The molecule has 0 aliphatic carbocycles. The molecule has 0 aliphatic rings. The van der Waals surface area contributed by atoms with E-state index in [1.54, 1.807) is 60.7 Å². The predicted octanol–water partition coefficient (Wildman–Crippen LogP) is 3.78. The van der Waals surface area contributed by atoms with E-state index in [-0.39, 0.29) is 11.4 Å². The number of Topliss-reactive ketones (excluding diaryl/α,β-unsaturated/α-hetero) is 1. The first-order valence-corrected chi connectivity index (χ1v) is 7.68. The van der Waals surface area contributed by atoms with Crippen molar-refractivity contribution in [1.29, 1.82) is 0 Å². The highest BCUT2D eigenvalue weighted by Crippen LogP contribution is 2.30. The van der Waals surface area contributed by atoms with Crippen molar-refractivity contribution in [3.63, 3.8) is 0 Å². The molecule has 2 amide bonds. The normalized spacial score (nSPS) is 11.3. The number of nitrogens with zero attached hydrogens (tertiary/aromatic N) is 1. The monoisotopic (exact) mass is 337 g/mol. The van der Waals surface area contributed by atoms with E-state index in [9.17, 15) is 14.4 Å². The number of rotatable bonds is 5. The molecule has 0 heterocycles. The van der Waals surface area contributed by atoms with Gasteiger partial charge in [0.2, 0.25) is 0 Å². The maximum absolute atomic E-state index is 13.0. The van der Waals surface area contributed by atoms with Gasteiger partial charge in [0.25, 0.3) is 5.91 Å². The van der Waals surface area contributed by atoms with Crippen LogP contribution >= 0.6 is 0 Å². The van der Waals surface area contributed by atoms with Gasteiger partial charge in [-0.1, -0.05) is 55.1 Å². The molecule has 1 unspecified atom stereocenters.